The van der Waals surface area contributed by atoms with Crippen LogP contribution in [-0.2, 0) is 4.79 Å². The molecule has 4 rings (SSSR count). The maximum absolute atomic E-state index is 13.0. The molecule has 0 unspecified atom stereocenters. The van der Waals surface area contributed by atoms with Gasteiger partial charge in [0.1, 0.15) is 5.75 Å². The van der Waals surface area contributed by atoms with Gasteiger partial charge < -0.3 is 15.0 Å². The molecule has 0 saturated carbocycles. The zero-order valence-corrected chi connectivity index (χ0v) is 21.1. The molecule has 3 aromatic carbocycles. The fraction of sp³-hybridized carbons (Fsp3) is 0.241. The summed E-state index contributed by atoms with van der Waals surface area (Å²) in [7, 11) is 1.74. The predicted molar refractivity (Wildman–Crippen MR) is 143 cm³/mol. The summed E-state index contributed by atoms with van der Waals surface area (Å²) < 4.78 is 5.72. The molecule has 0 spiro atoms. The molecular weight excluding hydrogens is 456 g/mol. The largest absolute Gasteiger partial charge is 0.494 e. The molecule has 0 fully saturated rings. The first-order valence-electron chi connectivity index (χ1n) is 11.9. The van der Waals surface area contributed by atoms with E-state index in [0.717, 1.165) is 40.3 Å². The lowest BCUT2D eigenvalue weighted by molar-refractivity contribution is -0.114. The number of unbranched alkanes of at least 4 members (excludes halogenated alkanes) is 1. The Morgan fingerprint density at radius 2 is 1.83 bits per heavy atom. The average molecular weight is 487 g/mol. The first-order chi connectivity index (χ1) is 17.0. The number of carbonyl (C=O) groups excluding carboxylic acids is 2. The van der Waals surface area contributed by atoms with Crippen LogP contribution in [0.3, 0.4) is 0 Å². The second-order valence-corrected chi connectivity index (χ2v) is 9.62. The van der Waals surface area contributed by atoms with E-state index in [9.17, 15) is 9.59 Å². The minimum absolute atomic E-state index is 0.0847. The minimum Gasteiger partial charge on any atom is -0.494 e. The van der Waals surface area contributed by atoms with E-state index < -0.39 is 0 Å². The maximum atomic E-state index is 13.0. The van der Waals surface area contributed by atoms with Crippen molar-refractivity contribution in [1.29, 1.82) is 0 Å². The molecule has 0 saturated heterocycles. The van der Waals surface area contributed by atoms with E-state index in [1.807, 2.05) is 79.7 Å². The molecule has 3 aromatic rings. The van der Waals surface area contributed by atoms with Crippen molar-refractivity contribution in [3.8, 4) is 5.75 Å². The smallest absolute Gasteiger partial charge is 0.264 e. The van der Waals surface area contributed by atoms with Crippen LogP contribution in [0.2, 0.25) is 0 Å². The fourth-order valence-corrected chi connectivity index (χ4v) is 4.88. The number of carbonyl (C=O) groups is 2. The van der Waals surface area contributed by atoms with Gasteiger partial charge in [0.15, 0.2) is 0 Å². The molecule has 0 bridgehead atoms. The number of amides is 2. The van der Waals surface area contributed by atoms with Crippen LogP contribution >= 0.6 is 11.8 Å². The van der Waals surface area contributed by atoms with Gasteiger partial charge in [-0.05, 0) is 60.9 Å². The van der Waals surface area contributed by atoms with Gasteiger partial charge in [-0.25, -0.2) is 0 Å². The molecule has 35 heavy (non-hydrogen) atoms. The Labute approximate surface area is 211 Å². The summed E-state index contributed by atoms with van der Waals surface area (Å²) in [5.41, 5.74) is 3.23. The number of anilines is 1. The summed E-state index contributed by atoms with van der Waals surface area (Å²) in [5.74, 6) is 0.569. The van der Waals surface area contributed by atoms with Gasteiger partial charge in [0.2, 0.25) is 0 Å². The quantitative estimate of drug-likeness (QED) is 0.293. The first-order valence-corrected chi connectivity index (χ1v) is 12.7. The van der Waals surface area contributed by atoms with Crippen LogP contribution in [0.4, 0.5) is 5.69 Å². The van der Waals surface area contributed by atoms with Crippen LogP contribution in [0.5, 0.6) is 5.75 Å². The van der Waals surface area contributed by atoms with Crippen LogP contribution < -0.4 is 15.0 Å². The monoisotopic (exact) mass is 486 g/mol. The molecule has 0 aromatic heterocycles. The van der Waals surface area contributed by atoms with Crippen molar-refractivity contribution in [2.75, 3.05) is 18.6 Å². The van der Waals surface area contributed by atoms with Gasteiger partial charge in [-0.15, -0.1) is 0 Å². The van der Waals surface area contributed by atoms with Crippen molar-refractivity contribution < 1.29 is 14.3 Å². The molecule has 1 N–H and O–H groups in total. The van der Waals surface area contributed by atoms with Crippen LogP contribution in [-0.4, -0.2) is 25.5 Å². The number of nitrogens with zero attached hydrogens (tertiary/aromatic N) is 1. The van der Waals surface area contributed by atoms with E-state index in [1.165, 1.54) is 11.8 Å². The van der Waals surface area contributed by atoms with Crippen molar-refractivity contribution in [2.45, 2.75) is 37.6 Å². The number of ether oxygens (including phenoxy) is 1. The lowest BCUT2D eigenvalue weighted by Crippen LogP contribution is -2.31. The summed E-state index contributed by atoms with van der Waals surface area (Å²) in [4.78, 5) is 29.2. The molecule has 6 heteroatoms. The molecule has 1 aliphatic rings. The number of nitrogens with one attached hydrogen (secondary N) is 1. The molecule has 1 heterocycles. The van der Waals surface area contributed by atoms with Crippen LogP contribution in [0.15, 0.2) is 82.6 Å². The lowest BCUT2D eigenvalue weighted by atomic mass is 10.1. The highest BCUT2D eigenvalue weighted by Crippen LogP contribution is 2.42. The molecule has 180 valence electrons. The summed E-state index contributed by atoms with van der Waals surface area (Å²) in [6.07, 6.45) is 4.02. The van der Waals surface area contributed by atoms with Gasteiger partial charge in [0, 0.05) is 17.5 Å². The van der Waals surface area contributed by atoms with Gasteiger partial charge in [-0.2, -0.15) is 0 Å². The fourth-order valence-electron chi connectivity index (χ4n) is 3.79. The molecular formula is C29H30N2O3S. The van der Waals surface area contributed by atoms with Crippen molar-refractivity contribution in [3.05, 3.63) is 94.4 Å². The third kappa shape index (κ3) is 5.95. The SMILES string of the molecule is CCCCOc1ccc([C@H](C)NC(=O)c2ccc3c(c2)N(C)C(=O)/C(=C/c2ccccc2)S3)cc1. The van der Waals surface area contributed by atoms with Gasteiger partial charge in [0.05, 0.1) is 23.2 Å². The van der Waals surface area contributed by atoms with Crippen LogP contribution in [0.1, 0.15) is 54.2 Å². The average Bonchev–Trinajstić information content (AvgIpc) is 2.88. The second kappa shape index (κ2) is 11.3. The first kappa shape index (κ1) is 24.6. The Morgan fingerprint density at radius 3 is 2.54 bits per heavy atom. The maximum Gasteiger partial charge on any atom is 0.264 e. The highest BCUT2D eigenvalue weighted by molar-refractivity contribution is 8.04. The number of likely N-dealkylation sites (N-methyl/N-ethyl adjacent to an activating group) is 1. The summed E-state index contributed by atoms with van der Waals surface area (Å²) in [6, 6.07) is 22.9. The van der Waals surface area contributed by atoms with Crippen molar-refractivity contribution >= 4 is 35.3 Å². The van der Waals surface area contributed by atoms with E-state index in [2.05, 4.69) is 12.2 Å². The number of hydrogen-bond acceptors (Lipinski definition) is 4. The topological polar surface area (TPSA) is 58.6 Å². The number of hydrogen-bond donors (Lipinski definition) is 1. The Hall–Kier alpha value is -3.51. The van der Waals surface area contributed by atoms with E-state index >= 15 is 0 Å². The summed E-state index contributed by atoms with van der Waals surface area (Å²) in [5, 5.41) is 3.06. The van der Waals surface area contributed by atoms with E-state index in [1.54, 1.807) is 18.0 Å². The Morgan fingerprint density at radius 1 is 1.09 bits per heavy atom. The zero-order chi connectivity index (χ0) is 24.8. The third-order valence-corrected chi connectivity index (χ3v) is 6.99. The molecule has 0 aliphatic carbocycles. The predicted octanol–water partition coefficient (Wildman–Crippen LogP) is 6.47. The van der Waals surface area contributed by atoms with Gasteiger partial charge >= 0.3 is 0 Å². The van der Waals surface area contributed by atoms with Gasteiger partial charge in [-0.1, -0.05) is 67.6 Å². The molecule has 5 nitrogen and oxygen atoms in total. The number of rotatable bonds is 8. The number of thioether (sulfide) groups is 1. The van der Waals surface area contributed by atoms with E-state index in [4.69, 9.17) is 4.74 Å². The Bertz CT molecular complexity index is 1220. The highest BCUT2D eigenvalue weighted by atomic mass is 32.2. The zero-order valence-electron chi connectivity index (χ0n) is 20.3. The lowest BCUT2D eigenvalue weighted by Gasteiger charge is -2.27. The van der Waals surface area contributed by atoms with Crippen molar-refractivity contribution in [3.63, 3.8) is 0 Å². The highest BCUT2D eigenvalue weighted by Gasteiger charge is 2.27. The van der Waals surface area contributed by atoms with Crippen LogP contribution in [0, 0.1) is 0 Å². The third-order valence-electron chi connectivity index (χ3n) is 5.91. The standard InChI is InChI=1S/C29H30N2O3S/c1-4-5-17-34-24-14-11-22(12-15-24)20(2)30-28(32)23-13-16-26-25(19-23)31(3)29(33)27(35-26)18-21-9-7-6-8-10-21/h6-16,18-20H,4-5,17H2,1-3H3,(H,30,32)/b27-18-/t20-/m0/s1. The van der Waals surface area contributed by atoms with Crippen molar-refractivity contribution in [1.82, 2.24) is 5.32 Å². The molecule has 0 radical (unpaired) electrons. The Kier molecular flexibility index (Phi) is 7.93. The van der Waals surface area contributed by atoms with E-state index in [0.29, 0.717) is 17.1 Å². The molecule has 1 aliphatic heterocycles. The molecule has 2 amide bonds. The molecule has 1 atom stereocenters. The van der Waals surface area contributed by atoms with Crippen LogP contribution in [0.25, 0.3) is 6.08 Å². The Balaban J connectivity index is 1.45. The van der Waals surface area contributed by atoms with Crippen molar-refractivity contribution in [2.24, 2.45) is 0 Å². The van der Waals surface area contributed by atoms with Gasteiger partial charge in [-0.3, -0.25) is 9.59 Å². The number of benzene rings is 3. The van der Waals surface area contributed by atoms with E-state index in [-0.39, 0.29) is 17.9 Å². The minimum atomic E-state index is -0.181. The number of fused-ring (bicyclic) bond motifs is 1. The van der Waals surface area contributed by atoms with Gasteiger partial charge in [0.25, 0.3) is 11.8 Å². The summed E-state index contributed by atoms with van der Waals surface area (Å²) >= 11 is 1.43. The second-order valence-electron chi connectivity index (χ2n) is 8.53. The normalized spacial score (nSPS) is 15.0. The summed E-state index contributed by atoms with van der Waals surface area (Å²) in [6.45, 7) is 4.79.